The SMILES string of the molecule is O=c1n(-c2ccccc2)c2cc(-c3ccc(-c4ccc5ccc6cccc7ccc4c5c67)c4ccccc34)ccc2c2nc3ccccc3n12. The summed E-state index contributed by atoms with van der Waals surface area (Å²) < 4.78 is 3.56. The van der Waals surface area contributed by atoms with Crippen LogP contribution < -0.4 is 5.69 Å². The van der Waals surface area contributed by atoms with Gasteiger partial charge in [-0.3, -0.25) is 4.57 Å². The molecule has 4 nitrogen and oxygen atoms in total. The van der Waals surface area contributed by atoms with Crippen molar-refractivity contribution >= 4 is 70.7 Å². The van der Waals surface area contributed by atoms with Gasteiger partial charge in [0.2, 0.25) is 0 Å². The van der Waals surface area contributed by atoms with Crippen molar-refractivity contribution in [3.63, 3.8) is 0 Å². The molecule has 0 unspecified atom stereocenters. The Kier molecular flexibility index (Phi) is 5.50. The second kappa shape index (κ2) is 10.1. The van der Waals surface area contributed by atoms with Gasteiger partial charge in [-0.15, -0.1) is 0 Å². The summed E-state index contributed by atoms with van der Waals surface area (Å²) >= 11 is 0. The lowest BCUT2D eigenvalue weighted by atomic mass is 9.87. The van der Waals surface area contributed by atoms with Gasteiger partial charge in [0.15, 0.2) is 5.65 Å². The standard InChI is InChI=1S/C46H27N3O/c50-46-48(32-11-2-1-3-12-32)42-27-31(21-24-39(42)45-47-40-15-6-7-16-41(40)49(45)46)33-25-26-36(35-14-5-4-13-34(33)35)37-22-19-30-18-17-28-9-8-10-29-20-23-38(37)44(30)43(28)29/h1-27H. The predicted molar refractivity (Wildman–Crippen MR) is 208 cm³/mol. The second-order valence-corrected chi connectivity index (χ2v) is 13.1. The molecule has 9 aromatic carbocycles. The zero-order valence-corrected chi connectivity index (χ0v) is 26.8. The van der Waals surface area contributed by atoms with Gasteiger partial charge in [-0.05, 0) is 102 Å². The molecule has 2 heterocycles. The molecule has 11 rings (SSSR count). The summed E-state index contributed by atoms with van der Waals surface area (Å²) in [6.45, 7) is 0. The van der Waals surface area contributed by atoms with Gasteiger partial charge in [-0.25, -0.2) is 14.2 Å². The van der Waals surface area contributed by atoms with Gasteiger partial charge in [0.25, 0.3) is 0 Å². The quantitative estimate of drug-likeness (QED) is 0.181. The lowest BCUT2D eigenvalue weighted by molar-refractivity contribution is 0.932. The van der Waals surface area contributed by atoms with Gasteiger partial charge >= 0.3 is 5.69 Å². The number of fused-ring (bicyclic) bond motifs is 6. The number of hydrogen-bond acceptors (Lipinski definition) is 2. The van der Waals surface area contributed by atoms with E-state index in [1.807, 2.05) is 59.2 Å². The average Bonchev–Trinajstić information content (AvgIpc) is 3.57. The number of para-hydroxylation sites is 3. The monoisotopic (exact) mass is 637 g/mol. The van der Waals surface area contributed by atoms with Gasteiger partial charge < -0.3 is 0 Å². The lowest BCUT2D eigenvalue weighted by Gasteiger charge is -2.17. The number of benzene rings is 9. The van der Waals surface area contributed by atoms with Crippen molar-refractivity contribution in [2.45, 2.75) is 0 Å². The summed E-state index contributed by atoms with van der Waals surface area (Å²) in [6.07, 6.45) is 0. The Morgan fingerprint density at radius 1 is 0.440 bits per heavy atom. The molecule has 11 aromatic rings. The highest BCUT2D eigenvalue weighted by molar-refractivity contribution is 6.26. The first kappa shape index (κ1) is 27.2. The number of imidazole rings is 1. The molecule has 0 fully saturated rings. The molecule has 0 aliphatic heterocycles. The van der Waals surface area contributed by atoms with Crippen molar-refractivity contribution < 1.29 is 0 Å². The van der Waals surface area contributed by atoms with Gasteiger partial charge in [0.05, 0.1) is 22.2 Å². The predicted octanol–water partition coefficient (Wildman–Crippen LogP) is 11.2. The third-order valence-electron chi connectivity index (χ3n) is 10.5. The van der Waals surface area contributed by atoms with E-state index in [-0.39, 0.29) is 5.69 Å². The molecular formula is C46H27N3O. The maximum Gasteiger partial charge on any atom is 0.339 e. The number of rotatable bonds is 3. The Morgan fingerprint density at radius 2 is 1.06 bits per heavy atom. The van der Waals surface area contributed by atoms with Crippen LogP contribution in [0, 0.1) is 0 Å². The topological polar surface area (TPSA) is 39.3 Å². The van der Waals surface area contributed by atoms with E-state index >= 15 is 0 Å². The van der Waals surface area contributed by atoms with Crippen LogP contribution in [0.2, 0.25) is 0 Å². The summed E-state index contributed by atoms with van der Waals surface area (Å²) in [4.78, 5) is 19.3. The zero-order valence-electron chi connectivity index (χ0n) is 26.8. The fourth-order valence-electron chi connectivity index (χ4n) is 8.26. The second-order valence-electron chi connectivity index (χ2n) is 13.1. The van der Waals surface area contributed by atoms with Crippen LogP contribution in [0.4, 0.5) is 0 Å². The zero-order chi connectivity index (χ0) is 32.9. The highest BCUT2D eigenvalue weighted by Gasteiger charge is 2.19. The maximum absolute atomic E-state index is 14.4. The molecular weight excluding hydrogens is 611 g/mol. The van der Waals surface area contributed by atoms with Crippen LogP contribution >= 0.6 is 0 Å². The summed E-state index contributed by atoms with van der Waals surface area (Å²) in [6, 6.07) is 57.4. The van der Waals surface area contributed by atoms with Crippen LogP contribution in [0.3, 0.4) is 0 Å². The number of hydrogen-bond donors (Lipinski definition) is 0. The van der Waals surface area contributed by atoms with E-state index in [4.69, 9.17) is 4.98 Å². The summed E-state index contributed by atoms with van der Waals surface area (Å²) in [7, 11) is 0. The van der Waals surface area contributed by atoms with Crippen molar-refractivity contribution in [2.24, 2.45) is 0 Å². The minimum Gasteiger partial charge on any atom is -0.262 e. The molecule has 0 saturated heterocycles. The van der Waals surface area contributed by atoms with Gasteiger partial charge in [0.1, 0.15) is 0 Å². The third-order valence-corrected chi connectivity index (χ3v) is 10.5. The minimum absolute atomic E-state index is 0.140. The van der Waals surface area contributed by atoms with Crippen molar-refractivity contribution in [1.82, 2.24) is 14.0 Å². The van der Waals surface area contributed by atoms with Gasteiger partial charge in [0, 0.05) is 5.39 Å². The Balaban J connectivity index is 1.17. The fourth-order valence-corrected chi connectivity index (χ4v) is 8.26. The number of aromatic nitrogens is 3. The molecule has 0 bridgehead atoms. The molecule has 2 aromatic heterocycles. The third kappa shape index (κ3) is 3.70. The average molecular weight is 638 g/mol. The van der Waals surface area contributed by atoms with Crippen molar-refractivity contribution in [3.05, 3.63) is 174 Å². The van der Waals surface area contributed by atoms with Gasteiger partial charge in [-0.2, -0.15) is 0 Å². The minimum atomic E-state index is -0.140. The van der Waals surface area contributed by atoms with E-state index < -0.39 is 0 Å². The van der Waals surface area contributed by atoms with Crippen molar-refractivity contribution in [2.75, 3.05) is 0 Å². The molecule has 0 aliphatic carbocycles. The first-order valence-corrected chi connectivity index (χ1v) is 16.9. The molecule has 232 valence electrons. The summed E-state index contributed by atoms with van der Waals surface area (Å²) in [5.41, 5.74) is 8.35. The largest absolute Gasteiger partial charge is 0.339 e. The fraction of sp³-hybridized carbons (Fsp3) is 0. The molecule has 0 N–H and O–H groups in total. The van der Waals surface area contributed by atoms with E-state index in [1.54, 1.807) is 4.40 Å². The molecule has 0 atom stereocenters. The molecule has 50 heavy (non-hydrogen) atoms. The van der Waals surface area contributed by atoms with Crippen LogP contribution in [-0.4, -0.2) is 14.0 Å². The highest BCUT2D eigenvalue weighted by Crippen LogP contribution is 2.43. The first-order valence-electron chi connectivity index (χ1n) is 16.9. The van der Waals surface area contributed by atoms with Crippen LogP contribution in [0.25, 0.3) is 98.6 Å². The molecule has 0 amide bonds. The molecule has 0 saturated carbocycles. The molecule has 0 radical (unpaired) electrons. The van der Waals surface area contributed by atoms with Crippen LogP contribution in [0.5, 0.6) is 0 Å². The van der Waals surface area contributed by atoms with E-state index in [1.165, 1.54) is 48.8 Å². The van der Waals surface area contributed by atoms with Crippen LogP contribution in [0.15, 0.2) is 169 Å². The Bertz CT molecular complexity index is 3210. The normalized spacial score (nSPS) is 12.1. The Hall–Kier alpha value is -6.78. The lowest BCUT2D eigenvalue weighted by Crippen LogP contribution is -2.25. The summed E-state index contributed by atoms with van der Waals surface area (Å²) in [5, 5.41) is 11.0. The molecule has 4 heteroatoms. The van der Waals surface area contributed by atoms with E-state index in [0.717, 1.165) is 44.1 Å². The van der Waals surface area contributed by atoms with Gasteiger partial charge in [-0.1, -0.05) is 127 Å². The van der Waals surface area contributed by atoms with E-state index in [2.05, 4.69) is 109 Å². The smallest absolute Gasteiger partial charge is 0.262 e. The molecule has 0 aliphatic rings. The van der Waals surface area contributed by atoms with Crippen LogP contribution in [0.1, 0.15) is 0 Å². The Morgan fingerprint density at radius 3 is 1.90 bits per heavy atom. The van der Waals surface area contributed by atoms with Crippen LogP contribution in [-0.2, 0) is 0 Å². The molecule has 0 spiro atoms. The van der Waals surface area contributed by atoms with E-state index in [0.29, 0.717) is 5.65 Å². The number of nitrogens with zero attached hydrogens (tertiary/aromatic N) is 3. The summed E-state index contributed by atoms with van der Waals surface area (Å²) in [5.74, 6) is 0. The first-order chi connectivity index (χ1) is 24.7. The van der Waals surface area contributed by atoms with Crippen molar-refractivity contribution in [1.29, 1.82) is 0 Å². The van der Waals surface area contributed by atoms with E-state index in [9.17, 15) is 4.79 Å². The Labute approximate surface area is 286 Å². The highest BCUT2D eigenvalue weighted by atomic mass is 16.1. The maximum atomic E-state index is 14.4. The van der Waals surface area contributed by atoms with Crippen molar-refractivity contribution in [3.8, 4) is 27.9 Å².